The summed E-state index contributed by atoms with van der Waals surface area (Å²) >= 11 is 0. The van der Waals surface area contributed by atoms with Gasteiger partial charge in [0.1, 0.15) is 0 Å². The van der Waals surface area contributed by atoms with Crippen LogP contribution < -0.4 is 16.6 Å². The molecule has 0 saturated heterocycles. The van der Waals surface area contributed by atoms with Crippen LogP contribution in [0.25, 0.3) is 0 Å². The van der Waals surface area contributed by atoms with Crippen molar-refractivity contribution >= 4 is 0 Å². The van der Waals surface area contributed by atoms with Crippen LogP contribution in [0.2, 0.25) is 0 Å². The first-order valence-corrected chi connectivity index (χ1v) is 5.22. The zero-order chi connectivity index (χ0) is 13.0. The summed E-state index contributed by atoms with van der Waals surface area (Å²) in [5.41, 5.74) is -0.312. The average molecular weight is 243 g/mol. The van der Waals surface area contributed by atoms with Gasteiger partial charge in [0.25, 0.3) is 5.56 Å². The van der Waals surface area contributed by atoms with Gasteiger partial charge in [-0.1, -0.05) is 0 Å². The first-order valence-electron chi connectivity index (χ1n) is 5.22. The van der Waals surface area contributed by atoms with E-state index in [0.29, 0.717) is 5.56 Å². The van der Waals surface area contributed by atoms with Gasteiger partial charge in [0.05, 0.1) is 12.7 Å². The third-order valence-electron chi connectivity index (χ3n) is 2.42. The third kappa shape index (κ3) is 3.26. The highest BCUT2D eigenvalue weighted by molar-refractivity contribution is 5.05. The number of aromatic nitrogens is 2. The minimum Gasteiger partial charge on any atom is -0.394 e. The lowest BCUT2D eigenvalue weighted by Gasteiger charge is -2.10. The number of aliphatic hydroxyl groups is 2. The number of nitrogens with zero attached hydrogens (tertiary/aromatic N) is 2. The van der Waals surface area contributed by atoms with Crippen molar-refractivity contribution < 1.29 is 10.2 Å². The zero-order valence-electron chi connectivity index (χ0n) is 9.88. The SMILES string of the molecule is Cn1cc(CNCC(O)CO)c(=O)n(C)c1=O. The number of aryl methyl sites for hydroxylation is 1. The number of aliphatic hydroxyl groups excluding tert-OH is 2. The molecule has 0 aliphatic rings. The van der Waals surface area contributed by atoms with E-state index in [1.807, 2.05) is 0 Å². The topological polar surface area (TPSA) is 96.5 Å². The summed E-state index contributed by atoms with van der Waals surface area (Å²) < 4.78 is 2.35. The summed E-state index contributed by atoms with van der Waals surface area (Å²) in [6, 6.07) is 0. The summed E-state index contributed by atoms with van der Waals surface area (Å²) in [6.45, 7) is 0.0820. The van der Waals surface area contributed by atoms with E-state index in [9.17, 15) is 9.59 Å². The molecule has 0 spiro atoms. The fourth-order valence-electron chi connectivity index (χ4n) is 1.44. The largest absolute Gasteiger partial charge is 0.394 e. The molecule has 1 aromatic rings. The molecule has 0 fully saturated rings. The molecule has 96 valence electrons. The molecule has 0 bridgehead atoms. The number of hydrogen-bond donors (Lipinski definition) is 3. The Morgan fingerprint density at radius 1 is 1.41 bits per heavy atom. The van der Waals surface area contributed by atoms with Gasteiger partial charge >= 0.3 is 5.69 Å². The molecule has 1 atom stereocenters. The molecule has 1 heterocycles. The van der Waals surface area contributed by atoms with Crippen molar-refractivity contribution in [1.29, 1.82) is 0 Å². The Balaban J connectivity index is 2.80. The van der Waals surface area contributed by atoms with Crippen LogP contribution in [0.1, 0.15) is 5.56 Å². The van der Waals surface area contributed by atoms with E-state index >= 15 is 0 Å². The Morgan fingerprint density at radius 2 is 2.06 bits per heavy atom. The molecule has 0 aliphatic carbocycles. The molecule has 1 unspecified atom stereocenters. The highest BCUT2D eigenvalue weighted by atomic mass is 16.3. The normalized spacial score (nSPS) is 12.7. The number of nitrogens with one attached hydrogen (secondary N) is 1. The zero-order valence-corrected chi connectivity index (χ0v) is 9.88. The van der Waals surface area contributed by atoms with Gasteiger partial charge in [0.15, 0.2) is 0 Å². The fraction of sp³-hybridized carbons (Fsp3) is 0.600. The molecule has 1 aromatic heterocycles. The van der Waals surface area contributed by atoms with Crippen LogP contribution in [0.15, 0.2) is 15.8 Å². The maximum atomic E-state index is 11.7. The Labute approximate surface area is 97.9 Å². The predicted octanol–water partition coefficient (Wildman–Crippen LogP) is -2.47. The Bertz CT molecular complexity index is 491. The van der Waals surface area contributed by atoms with Crippen molar-refractivity contribution in [2.45, 2.75) is 12.6 Å². The van der Waals surface area contributed by atoms with E-state index in [-0.39, 0.29) is 30.9 Å². The molecule has 7 nitrogen and oxygen atoms in total. The summed E-state index contributed by atoms with van der Waals surface area (Å²) in [7, 11) is 2.98. The molecular formula is C10H17N3O4. The van der Waals surface area contributed by atoms with Crippen LogP contribution in [-0.2, 0) is 20.6 Å². The lowest BCUT2D eigenvalue weighted by molar-refractivity contribution is 0.0942. The Kier molecular flexibility index (Phi) is 4.62. The second-order valence-electron chi connectivity index (χ2n) is 3.88. The first kappa shape index (κ1) is 13.6. The van der Waals surface area contributed by atoms with Crippen LogP contribution in [0, 0.1) is 0 Å². The van der Waals surface area contributed by atoms with Crippen LogP contribution in [0.5, 0.6) is 0 Å². The van der Waals surface area contributed by atoms with Crippen molar-refractivity contribution in [3.63, 3.8) is 0 Å². The number of hydrogen-bond acceptors (Lipinski definition) is 5. The molecule has 0 aliphatic heterocycles. The van der Waals surface area contributed by atoms with Crippen LogP contribution in [-0.4, -0.2) is 38.6 Å². The molecule has 3 N–H and O–H groups in total. The van der Waals surface area contributed by atoms with Crippen molar-refractivity contribution in [2.24, 2.45) is 14.1 Å². The molecule has 0 radical (unpaired) electrons. The van der Waals surface area contributed by atoms with E-state index < -0.39 is 6.10 Å². The summed E-state index contributed by atoms with van der Waals surface area (Å²) in [6.07, 6.45) is 0.606. The second-order valence-corrected chi connectivity index (χ2v) is 3.88. The second kappa shape index (κ2) is 5.76. The van der Waals surface area contributed by atoms with Gasteiger partial charge in [0.2, 0.25) is 0 Å². The van der Waals surface area contributed by atoms with E-state index in [0.717, 1.165) is 4.57 Å². The summed E-state index contributed by atoms with van der Waals surface area (Å²) in [5, 5.41) is 20.5. The summed E-state index contributed by atoms with van der Waals surface area (Å²) in [4.78, 5) is 23.1. The molecule has 0 amide bonds. The molecule has 0 aromatic carbocycles. The van der Waals surface area contributed by atoms with Crippen LogP contribution in [0.3, 0.4) is 0 Å². The molecule has 0 saturated carbocycles. The van der Waals surface area contributed by atoms with Gasteiger partial charge in [-0.3, -0.25) is 9.36 Å². The van der Waals surface area contributed by atoms with Gasteiger partial charge in [-0.15, -0.1) is 0 Å². The predicted molar refractivity (Wildman–Crippen MR) is 61.7 cm³/mol. The van der Waals surface area contributed by atoms with Crippen molar-refractivity contribution in [2.75, 3.05) is 13.2 Å². The van der Waals surface area contributed by atoms with Gasteiger partial charge < -0.3 is 20.1 Å². The van der Waals surface area contributed by atoms with E-state index in [1.54, 1.807) is 7.05 Å². The van der Waals surface area contributed by atoms with Crippen LogP contribution >= 0.6 is 0 Å². The van der Waals surface area contributed by atoms with Gasteiger partial charge in [-0.05, 0) is 0 Å². The van der Waals surface area contributed by atoms with Crippen molar-refractivity contribution in [3.8, 4) is 0 Å². The summed E-state index contributed by atoms with van der Waals surface area (Å²) in [5.74, 6) is 0. The van der Waals surface area contributed by atoms with E-state index in [4.69, 9.17) is 10.2 Å². The van der Waals surface area contributed by atoms with Crippen molar-refractivity contribution in [1.82, 2.24) is 14.5 Å². The van der Waals surface area contributed by atoms with Crippen molar-refractivity contribution in [3.05, 3.63) is 32.6 Å². The van der Waals surface area contributed by atoms with E-state index in [2.05, 4.69) is 5.32 Å². The average Bonchev–Trinajstić information content (AvgIpc) is 2.32. The molecule has 1 rings (SSSR count). The molecular weight excluding hydrogens is 226 g/mol. The smallest absolute Gasteiger partial charge is 0.330 e. The fourth-order valence-corrected chi connectivity index (χ4v) is 1.44. The molecule has 17 heavy (non-hydrogen) atoms. The lowest BCUT2D eigenvalue weighted by atomic mass is 10.3. The Morgan fingerprint density at radius 3 is 2.65 bits per heavy atom. The monoisotopic (exact) mass is 243 g/mol. The standard InChI is InChI=1S/C10H17N3O4/c1-12-5-7(3-11-4-8(15)6-14)9(16)13(2)10(12)17/h5,8,11,14-15H,3-4,6H2,1-2H3. The highest BCUT2D eigenvalue weighted by Crippen LogP contribution is 1.87. The van der Waals surface area contributed by atoms with Gasteiger partial charge in [-0.25, -0.2) is 4.79 Å². The van der Waals surface area contributed by atoms with Crippen LogP contribution in [0.4, 0.5) is 0 Å². The minimum atomic E-state index is -0.855. The van der Waals surface area contributed by atoms with E-state index in [1.165, 1.54) is 17.8 Å². The van der Waals surface area contributed by atoms with Gasteiger partial charge in [0, 0.05) is 38.9 Å². The minimum absolute atomic E-state index is 0.183. The highest BCUT2D eigenvalue weighted by Gasteiger charge is 2.07. The first-order chi connectivity index (χ1) is 7.97. The molecule has 7 heteroatoms. The lowest BCUT2D eigenvalue weighted by Crippen LogP contribution is -2.40. The Hall–Kier alpha value is -1.44. The third-order valence-corrected chi connectivity index (χ3v) is 2.42. The maximum absolute atomic E-state index is 11.7. The quantitative estimate of drug-likeness (QED) is 0.532. The maximum Gasteiger partial charge on any atom is 0.330 e. The number of rotatable bonds is 5. The van der Waals surface area contributed by atoms with Gasteiger partial charge in [-0.2, -0.15) is 0 Å².